The molecular weight excluding hydrogens is 266 g/mol. The number of benzene rings is 1. The number of hydrogen-bond acceptors (Lipinski definition) is 5. The summed E-state index contributed by atoms with van der Waals surface area (Å²) in [5, 5.41) is 7.34. The molecule has 0 bridgehead atoms. The third kappa shape index (κ3) is 4.86. The summed E-state index contributed by atoms with van der Waals surface area (Å²) in [6.45, 7) is 7.62. The van der Waals surface area contributed by atoms with Gasteiger partial charge in [-0.05, 0) is 31.0 Å². The molecule has 1 N–H and O–H groups in total. The monoisotopic (exact) mass is 289 g/mol. The van der Waals surface area contributed by atoms with Crippen molar-refractivity contribution in [3.05, 3.63) is 41.5 Å². The zero-order chi connectivity index (χ0) is 15.1. The van der Waals surface area contributed by atoms with Crippen LogP contribution in [0.2, 0.25) is 0 Å². The SMILES string of the molecule is CCCOc1ccc(C(C)NCCc2noc(C)n2)cc1. The molecule has 2 aromatic rings. The first kappa shape index (κ1) is 15.5. The highest BCUT2D eigenvalue weighted by molar-refractivity contribution is 5.28. The van der Waals surface area contributed by atoms with Crippen molar-refractivity contribution in [2.24, 2.45) is 0 Å². The minimum absolute atomic E-state index is 0.276. The summed E-state index contributed by atoms with van der Waals surface area (Å²) in [6.07, 6.45) is 1.79. The van der Waals surface area contributed by atoms with Gasteiger partial charge in [0.1, 0.15) is 5.75 Å². The van der Waals surface area contributed by atoms with Crippen molar-refractivity contribution in [1.82, 2.24) is 15.5 Å². The Morgan fingerprint density at radius 3 is 2.67 bits per heavy atom. The van der Waals surface area contributed by atoms with Gasteiger partial charge in [0.2, 0.25) is 5.89 Å². The highest BCUT2D eigenvalue weighted by atomic mass is 16.5. The predicted molar refractivity (Wildman–Crippen MR) is 81.4 cm³/mol. The van der Waals surface area contributed by atoms with Crippen LogP contribution in [-0.2, 0) is 6.42 Å². The van der Waals surface area contributed by atoms with Crippen LogP contribution < -0.4 is 10.1 Å². The summed E-state index contributed by atoms with van der Waals surface area (Å²) in [7, 11) is 0. The van der Waals surface area contributed by atoms with Gasteiger partial charge in [-0.25, -0.2) is 0 Å². The molecule has 1 atom stereocenters. The summed E-state index contributed by atoms with van der Waals surface area (Å²) >= 11 is 0. The van der Waals surface area contributed by atoms with Crippen molar-refractivity contribution >= 4 is 0 Å². The van der Waals surface area contributed by atoms with Crippen LogP contribution in [0.25, 0.3) is 0 Å². The molecule has 0 saturated heterocycles. The van der Waals surface area contributed by atoms with Crippen molar-refractivity contribution in [3.63, 3.8) is 0 Å². The molecule has 1 unspecified atom stereocenters. The first-order valence-corrected chi connectivity index (χ1v) is 7.44. The van der Waals surface area contributed by atoms with E-state index in [0.29, 0.717) is 5.89 Å². The van der Waals surface area contributed by atoms with E-state index in [1.165, 1.54) is 5.56 Å². The summed E-state index contributed by atoms with van der Waals surface area (Å²) in [4.78, 5) is 4.19. The van der Waals surface area contributed by atoms with E-state index in [-0.39, 0.29) is 6.04 Å². The van der Waals surface area contributed by atoms with Crippen LogP contribution in [0.5, 0.6) is 5.75 Å². The van der Waals surface area contributed by atoms with Crippen LogP contribution in [0.15, 0.2) is 28.8 Å². The second-order valence-corrected chi connectivity index (χ2v) is 5.07. The molecule has 1 aromatic carbocycles. The van der Waals surface area contributed by atoms with Gasteiger partial charge in [-0.3, -0.25) is 0 Å². The first-order valence-electron chi connectivity index (χ1n) is 7.44. The molecule has 0 radical (unpaired) electrons. The molecule has 1 aromatic heterocycles. The molecule has 5 heteroatoms. The van der Waals surface area contributed by atoms with Gasteiger partial charge in [-0.1, -0.05) is 24.2 Å². The van der Waals surface area contributed by atoms with Gasteiger partial charge in [0.05, 0.1) is 6.61 Å². The van der Waals surface area contributed by atoms with Gasteiger partial charge in [-0.15, -0.1) is 0 Å². The molecule has 0 aliphatic carbocycles. The molecule has 5 nitrogen and oxygen atoms in total. The van der Waals surface area contributed by atoms with Gasteiger partial charge >= 0.3 is 0 Å². The number of aromatic nitrogens is 2. The highest BCUT2D eigenvalue weighted by Crippen LogP contribution is 2.17. The molecule has 1 heterocycles. The Labute approximate surface area is 125 Å². The van der Waals surface area contributed by atoms with Gasteiger partial charge in [0, 0.05) is 25.9 Å². The normalized spacial score (nSPS) is 12.3. The summed E-state index contributed by atoms with van der Waals surface area (Å²) < 4.78 is 10.5. The van der Waals surface area contributed by atoms with E-state index in [9.17, 15) is 0 Å². The number of aryl methyl sites for hydroxylation is 1. The van der Waals surface area contributed by atoms with Gasteiger partial charge in [0.15, 0.2) is 5.82 Å². The maximum Gasteiger partial charge on any atom is 0.223 e. The van der Waals surface area contributed by atoms with Crippen LogP contribution in [-0.4, -0.2) is 23.3 Å². The van der Waals surface area contributed by atoms with Crippen molar-refractivity contribution < 1.29 is 9.26 Å². The molecule has 0 fully saturated rings. The third-order valence-corrected chi connectivity index (χ3v) is 3.22. The minimum atomic E-state index is 0.276. The van der Waals surface area contributed by atoms with Gasteiger partial charge < -0.3 is 14.6 Å². The van der Waals surface area contributed by atoms with Crippen molar-refractivity contribution in [1.29, 1.82) is 0 Å². The van der Waals surface area contributed by atoms with Crippen molar-refractivity contribution in [2.45, 2.75) is 39.7 Å². The average Bonchev–Trinajstić information content (AvgIpc) is 2.91. The topological polar surface area (TPSA) is 60.2 Å². The predicted octanol–water partition coefficient (Wildman–Crippen LogP) is 3.06. The van der Waals surface area contributed by atoms with E-state index in [1.54, 1.807) is 6.92 Å². The molecule has 0 saturated carbocycles. The fourth-order valence-corrected chi connectivity index (χ4v) is 2.03. The number of ether oxygens (including phenoxy) is 1. The lowest BCUT2D eigenvalue weighted by atomic mass is 10.1. The number of nitrogens with zero attached hydrogens (tertiary/aromatic N) is 2. The van der Waals surface area contributed by atoms with E-state index in [1.807, 2.05) is 12.1 Å². The molecule has 0 aliphatic heterocycles. The number of rotatable bonds is 8. The third-order valence-electron chi connectivity index (χ3n) is 3.22. The lowest BCUT2D eigenvalue weighted by molar-refractivity contribution is 0.317. The Morgan fingerprint density at radius 2 is 2.05 bits per heavy atom. The second-order valence-electron chi connectivity index (χ2n) is 5.07. The van der Waals surface area contributed by atoms with Gasteiger partial charge in [0.25, 0.3) is 0 Å². The lowest BCUT2D eigenvalue weighted by Gasteiger charge is -2.14. The number of nitrogens with one attached hydrogen (secondary N) is 1. The van der Waals surface area contributed by atoms with E-state index < -0.39 is 0 Å². The fraction of sp³-hybridized carbons (Fsp3) is 0.500. The van der Waals surface area contributed by atoms with E-state index in [0.717, 1.165) is 37.6 Å². The zero-order valence-corrected chi connectivity index (χ0v) is 12.9. The molecule has 21 heavy (non-hydrogen) atoms. The Morgan fingerprint density at radius 1 is 1.29 bits per heavy atom. The zero-order valence-electron chi connectivity index (χ0n) is 12.9. The van der Waals surface area contributed by atoms with Crippen LogP contribution in [0.3, 0.4) is 0 Å². The van der Waals surface area contributed by atoms with E-state index in [4.69, 9.17) is 9.26 Å². The molecule has 0 amide bonds. The standard InChI is InChI=1S/C16H23N3O2/c1-4-11-20-15-7-5-14(6-8-15)12(2)17-10-9-16-18-13(3)21-19-16/h5-8,12,17H,4,9-11H2,1-3H3. The van der Waals surface area contributed by atoms with E-state index in [2.05, 4.69) is 41.4 Å². The Kier molecular flexibility index (Phi) is 5.75. The lowest BCUT2D eigenvalue weighted by Crippen LogP contribution is -2.21. The fourth-order valence-electron chi connectivity index (χ4n) is 2.03. The highest BCUT2D eigenvalue weighted by Gasteiger charge is 2.07. The summed E-state index contributed by atoms with van der Waals surface area (Å²) in [5.74, 6) is 2.28. The average molecular weight is 289 g/mol. The quantitative estimate of drug-likeness (QED) is 0.809. The molecule has 0 aliphatic rings. The Bertz CT molecular complexity index is 537. The molecular formula is C16H23N3O2. The molecule has 114 valence electrons. The Hall–Kier alpha value is -1.88. The first-order chi connectivity index (χ1) is 10.2. The van der Waals surface area contributed by atoms with Crippen LogP contribution >= 0.6 is 0 Å². The van der Waals surface area contributed by atoms with Crippen molar-refractivity contribution in [3.8, 4) is 5.75 Å². The molecule has 0 spiro atoms. The van der Waals surface area contributed by atoms with Gasteiger partial charge in [-0.2, -0.15) is 4.98 Å². The summed E-state index contributed by atoms with van der Waals surface area (Å²) in [6, 6.07) is 8.51. The maximum atomic E-state index is 5.58. The summed E-state index contributed by atoms with van der Waals surface area (Å²) in [5.41, 5.74) is 1.24. The largest absolute Gasteiger partial charge is 0.494 e. The van der Waals surface area contributed by atoms with Crippen LogP contribution in [0, 0.1) is 6.92 Å². The Balaban J connectivity index is 1.78. The van der Waals surface area contributed by atoms with Crippen LogP contribution in [0.4, 0.5) is 0 Å². The smallest absolute Gasteiger partial charge is 0.223 e. The van der Waals surface area contributed by atoms with Crippen LogP contribution in [0.1, 0.15) is 43.6 Å². The van der Waals surface area contributed by atoms with E-state index >= 15 is 0 Å². The minimum Gasteiger partial charge on any atom is -0.494 e. The second kappa shape index (κ2) is 7.78. The maximum absolute atomic E-state index is 5.58. The molecule has 2 rings (SSSR count). The number of hydrogen-bond donors (Lipinski definition) is 1. The van der Waals surface area contributed by atoms with Crippen molar-refractivity contribution in [2.75, 3.05) is 13.2 Å².